The minimum atomic E-state index is -0.333. The van der Waals surface area contributed by atoms with Crippen molar-refractivity contribution >= 4 is 0 Å². The summed E-state index contributed by atoms with van der Waals surface area (Å²) in [4.78, 5) is 12.1. The first-order valence-corrected chi connectivity index (χ1v) is 9.67. The first kappa shape index (κ1) is 20.2. The maximum Gasteiger partial charge on any atom is 0.141 e. The van der Waals surface area contributed by atoms with Crippen molar-refractivity contribution in [3.8, 4) is 11.3 Å². The molecule has 1 atom stereocenters. The van der Waals surface area contributed by atoms with Gasteiger partial charge < -0.3 is 9.72 Å². The third kappa shape index (κ3) is 5.04. The molecule has 0 spiro atoms. The standard InChI is InChI=1S/C23H28FN3O/c1-5-23(2,3)13-19-15-26-22(27-19)12-21(28-4)17-8-6-16(7-9-17)20-11-10-18(24)14-25-20/h6-11,14-15,21H,5,12-13H2,1-4H3,(H,26,27). The van der Waals surface area contributed by atoms with E-state index in [9.17, 15) is 4.39 Å². The van der Waals surface area contributed by atoms with E-state index in [1.165, 1.54) is 12.3 Å². The van der Waals surface area contributed by atoms with E-state index < -0.39 is 0 Å². The number of nitrogens with one attached hydrogen (secondary N) is 1. The number of rotatable bonds is 8. The van der Waals surface area contributed by atoms with Crippen molar-refractivity contribution in [3.63, 3.8) is 0 Å². The van der Waals surface area contributed by atoms with Gasteiger partial charge in [0.15, 0.2) is 0 Å². The smallest absolute Gasteiger partial charge is 0.141 e. The minimum Gasteiger partial charge on any atom is -0.376 e. The third-order valence-corrected chi connectivity index (χ3v) is 5.28. The summed E-state index contributed by atoms with van der Waals surface area (Å²) in [7, 11) is 1.71. The number of hydrogen-bond donors (Lipinski definition) is 1. The fourth-order valence-electron chi connectivity index (χ4n) is 3.17. The lowest BCUT2D eigenvalue weighted by atomic mass is 9.85. The molecule has 0 radical (unpaired) electrons. The highest BCUT2D eigenvalue weighted by Gasteiger charge is 2.19. The van der Waals surface area contributed by atoms with Crippen LogP contribution in [0.25, 0.3) is 11.3 Å². The summed E-state index contributed by atoms with van der Waals surface area (Å²) in [6.07, 6.45) is 5.86. The number of aromatic nitrogens is 3. The monoisotopic (exact) mass is 381 g/mol. The number of aromatic amines is 1. The second-order valence-corrected chi connectivity index (χ2v) is 7.96. The summed E-state index contributed by atoms with van der Waals surface area (Å²) in [5.41, 5.74) is 4.18. The molecule has 1 N–H and O–H groups in total. The quantitative estimate of drug-likeness (QED) is 0.559. The molecular weight excluding hydrogens is 353 g/mol. The van der Waals surface area contributed by atoms with Crippen LogP contribution in [0.2, 0.25) is 0 Å². The molecule has 28 heavy (non-hydrogen) atoms. The average Bonchev–Trinajstić information content (AvgIpc) is 3.13. The summed E-state index contributed by atoms with van der Waals surface area (Å²) >= 11 is 0. The predicted octanol–water partition coefficient (Wildman–Crippen LogP) is 5.52. The van der Waals surface area contributed by atoms with Crippen LogP contribution in [0.5, 0.6) is 0 Å². The van der Waals surface area contributed by atoms with Crippen LogP contribution in [-0.4, -0.2) is 22.1 Å². The molecule has 0 fully saturated rings. The molecule has 3 aromatic rings. The van der Waals surface area contributed by atoms with Crippen molar-refractivity contribution in [3.05, 3.63) is 71.7 Å². The van der Waals surface area contributed by atoms with E-state index >= 15 is 0 Å². The predicted molar refractivity (Wildman–Crippen MR) is 109 cm³/mol. The Morgan fingerprint density at radius 1 is 1.07 bits per heavy atom. The molecule has 0 aliphatic rings. The Kier molecular flexibility index (Phi) is 6.25. The number of pyridine rings is 1. The highest BCUT2D eigenvalue weighted by Crippen LogP contribution is 2.27. The van der Waals surface area contributed by atoms with Gasteiger partial charge in [0.25, 0.3) is 0 Å². The number of imidazole rings is 1. The van der Waals surface area contributed by atoms with Gasteiger partial charge in [-0.15, -0.1) is 0 Å². The molecule has 4 nitrogen and oxygen atoms in total. The zero-order valence-electron chi connectivity index (χ0n) is 17.0. The first-order chi connectivity index (χ1) is 13.4. The Hall–Kier alpha value is -2.53. The number of halogens is 1. The van der Waals surface area contributed by atoms with Crippen molar-refractivity contribution in [2.45, 2.75) is 46.1 Å². The highest BCUT2D eigenvalue weighted by molar-refractivity contribution is 5.59. The molecule has 0 saturated carbocycles. The van der Waals surface area contributed by atoms with Crippen LogP contribution in [0.3, 0.4) is 0 Å². The molecule has 0 amide bonds. The van der Waals surface area contributed by atoms with Gasteiger partial charge >= 0.3 is 0 Å². The zero-order valence-corrected chi connectivity index (χ0v) is 17.0. The topological polar surface area (TPSA) is 50.8 Å². The van der Waals surface area contributed by atoms with Crippen LogP contribution in [-0.2, 0) is 17.6 Å². The van der Waals surface area contributed by atoms with Crippen LogP contribution in [0.4, 0.5) is 4.39 Å². The fraction of sp³-hybridized carbons (Fsp3) is 0.391. The molecule has 0 aliphatic heterocycles. The van der Waals surface area contributed by atoms with E-state index in [0.29, 0.717) is 6.42 Å². The van der Waals surface area contributed by atoms with E-state index in [0.717, 1.165) is 41.2 Å². The molecule has 2 heterocycles. The zero-order chi connectivity index (χ0) is 20.1. The molecule has 3 rings (SSSR count). The van der Waals surface area contributed by atoms with Crippen molar-refractivity contribution in [1.29, 1.82) is 0 Å². The number of nitrogens with zero attached hydrogens (tertiary/aromatic N) is 2. The molecule has 1 aromatic carbocycles. The molecule has 5 heteroatoms. The summed E-state index contributed by atoms with van der Waals surface area (Å²) in [6.45, 7) is 6.75. The Morgan fingerprint density at radius 3 is 2.43 bits per heavy atom. The van der Waals surface area contributed by atoms with E-state index in [4.69, 9.17) is 4.74 Å². The van der Waals surface area contributed by atoms with Crippen LogP contribution < -0.4 is 0 Å². The first-order valence-electron chi connectivity index (χ1n) is 9.67. The maximum atomic E-state index is 13.1. The number of hydrogen-bond acceptors (Lipinski definition) is 3. The summed E-state index contributed by atoms with van der Waals surface area (Å²) < 4.78 is 18.8. The van der Waals surface area contributed by atoms with Gasteiger partial charge in [0.05, 0.1) is 18.0 Å². The Morgan fingerprint density at radius 2 is 1.82 bits per heavy atom. The fourth-order valence-corrected chi connectivity index (χ4v) is 3.17. The molecule has 148 valence electrons. The Balaban J connectivity index is 1.70. The molecule has 0 bridgehead atoms. The van der Waals surface area contributed by atoms with E-state index in [2.05, 4.69) is 35.7 Å². The second kappa shape index (κ2) is 8.65. The molecule has 1 unspecified atom stereocenters. The second-order valence-electron chi connectivity index (χ2n) is 7.96. The lowest BCUT2D eigenvalue weighted by Gasteiger charge is -2.21. The van der Waals surface area contributed by atoms with Gasteiger partial charge in [-0.3, -0.25) is 4.98 Å². The largest absolute Gasteiger partial charge is 0.376 e. The lowest BCUT2D eigenvalue weighted by molar-refractivity contribution is 0.102. The Bertz CT molecular complexity index is 885. The summed E-state index contributed by atoms with van der Waals surface area (Å²) in [5, 5.41) is 0. The van der Waals surface area contributed by atoms with Crippen molar-refractivity contribution in [2.24, 2.45) is 5.41 Å². The number of methoxy groups -OCH3 is 1. The lowest BCUT2D eigenvalue weighted by Crippen LogP contribution is -2.13. The average molecular weight is 381 g/mol. The van der Waals surface area contributed by atoms with Crippen LogP contribution >= 0.6 is 0 Å². The van der Waals surface area contributed by atoms with Gasteiger partial charge in [0.1, 0.15) is 11.6 Å². The highest BCUT2D eigenvalue weighted by atomic mass is 19.1. The molecule has 0 aliphatic carbocycles. The molecule has 0 saturated heterocycles. The molecular formula is C23H28FN3O. The third-order valence-electron chi connectivity index (χ3n) is 5.28. The molecule has 2 aromatic heterocycles. The van der Waals surface area contributed by atoms with Crippen LogP contribution in [0.15, 0.2) is 48.8 Å². The number of ether oxygens (including phenoxy) is 1. The van der Waals surface area contributed by atoms with E-state index in [1.807, 2.05) is 30.5 Å². The summed E-state index contributed by atoms with van der Waals surface area (Å²) in [5.74, 6) is 0.595. The van der Waals surface area contributed by atoms with Gasteiger partial charge in [-0.1, -0.05) is 51.5 Å². The number of H-pyrrole nitrogens is 1. The van der Waals surface area contributed by atoms with Crippen molar-refractivity contribution in [2.75, 3.05) is 7.11 Å². The van der Waals surface area contributed by atoms with Crippen molar-refractivity contribution in [1.82, 2.24) is 15.0 Å². The van der Waals surface area contributed by atoms with Gasteiger partial charge in [-0.2, -0.15) is 0 Å². The van der Waals surface area contributed by atoms with Crippen LogP contribution in [0.1, 0.15) is 50.4 Å². The minimum absolute atomic E-state index is 0.0894. The van der Waals surface area contributed by atoms with Gasteiger partial charge in [-0.05, 0) is 29.5 Å². The van der Waals surface area contributed by atoms with E-state index in [-0.39, 0.29) is 17.3 Å². The normalized spacial score (nSPS) is 12.9. The SMILES string of the molecule is CCC(C)(C)Cc1cnc(CC(OC)c2ccc(-c3ccc(F)cn3)cc2)[nH]1. The van der Waals surface area contributed by atoms with Crippen molar-refractivity contribution < 1.29 is 9.13 Å². The number of benzene rings is 1. The Labute approximate surface area is 166 Å². The van der Waals surface area contributed by atoms with Gasteiger partial charge in [-0.25, -0.2) is 9.37 Å². The van der Waals surface area contributed by atoms with Crippen LogP contribution in [0, 0.1) is 11.2 Å². The van der Waals surface area contributed by atoms with Gasteiger partial charge in [0, 0.05) is 31.0 Å². The van der Waals surface area contributed by atoms with E-state index in [1.54, 1.807) is 13.2 Å². The van der Waals surface area contributed by atoms with Gasteiger partial charge in [0.2, 0.25) is 0 Å². The summed E-state index contributed by atoms with van der Waals surface area (Å²) in [6, 6.07) is 11.1. The maximum absolute atomic E-state index is 13.1.